The van der Waals surface area contributed by atoms with Crippen LogP contribution in [0.2, 0.25) is 0 Å². The van der Waals surface area contributed by atoms with Crippen LogP contribution >= 0.6 is 0 Å². The highest BCUT2D eigenvalue weighted by Gasteiger charge is 2.34. The van der Waals surface area contributed by atoms with Gasteiger partial charge in [0.05, 0.1) is 12.8 Å². The summed E-state index contributed by atoms with van der Waals surface area (Å²) in [6.45, 7) is 4.93. The smallest absolute Gasteiger partial charge is 0.410 e. The summed E-state index contributed by atoms with van der Waals surface area (Å²) in [5.41, 5.74) is 1.60. The number of carbonyl (C=O) groups excluding carboxylic acids is 1. The first-order valence-electron chi connectivity index (χ1n) is 10.7. The summed E-state index contributed by atoms with van der Waals surface area (Å²) in [6.07, 6.45) is 0.209. The van der Waals surface area contributed by atoms with Crippen molar-refractivity contribution >= 4 is 6.09 Å². The fourth-order valence-electron chi connectivity index (χ4n) is 3.74. The van der Waals surface area contributed by atoms with Gasteiger partial charge in [-0.25, -0.2) is 9.18 Å². The Balaban J connectivity index is 1.69. The maximum Gasteiger partial charge on any atom is 0.410 e. The third-order valence-corrected chi connectivity index (χ3v) is 5.32. The zero-order valence-electron chi connectivity index (χ0n) is 18.0. The van der Waals surface area contributed by atoms with Crippen LogP contribution in [-0.4, -0.2) is 42.9 Å². The average molecular weight is 433 g/mol. The zero-order valence-corrected chi connectivity index (χ0v) is 18.0. The van der Waals surface area contributed by atoms with Gasteiger partial charge in [0.1, 0.15) is 18.2 Å². The van der Waals surface area contributed by atoms with Crippen molar-refractivity contribution in [3.63, 3.8) is 0 Å². The lowest BCUT2D eigenvalue weighted by atomic mass is 9.93. The molecule has 1 saturated heterocycles. The first-order valence-corrected chi connectivity index (χ1v) is 10.7. The van der Waals surface area contributed by atoms with Gasteiger partial charge in [-0.1, -0.05) is 24.3 Å². The molecule has 5 nitrogen and oxygen atoms in total. The van der Waals surface area contributed by atoms with Crippen molar-refractivity contribution in [3.05, 3.63) is 65.5 Å². The molecule has 0 radical (unpaired) electrons. The molecular weight excluding hydrogens is 402 g/mol. The lowest BCUT2D eigenvalue weighted by Gasteiger charge is -2.38. The molecule has 0 bridgehead atoms. The molecule has 1 N–H and O–H groups in total. The summed E-state index contributed by atoms with van der Waals surface area (Å²) in [5.74, 6) is 0.101. The van der Waals surface area contributed by atoms with Gasteiger partial charge in [0.15, 0.2) is 0 Å². The molecule has 1 aliphatic rings. The highest BCUT2D eigenvalue weighted by Crippen LogP contribution is 2.23. The van der Waals surface area contributed by atoms with E-state index in [4.69, 9.17) is 9.47 Å². The summed E-state index contributed by atoms with van der Waals surface area (Å²) in [6, 6.07) is 13.1. The van der Waals surface area contributed by atoms with Gasteiger partial charge in [-0.05, 0) is 62.2 Å². The highest BCUT2D eigenvalue weighted by molar-refractivity contribution is 5.68. The number of ether oxygens (including phenoxy) is 2. The number of amides is 1. The monoisotopic (exact) mass is 432 g/mol. The van der Waals surface area contributed by atoms with Crippen LogP contribution in [0.4, 0.5) is 13.6 Å². The van der Waals surface area contributed by atoms with Crippen molar-refractivity contribution in [1.29, 1.82) is 0 Å². The second-order valence-corrected chi connectivity index (χ2v) is 8.09. The number of alkyl halides is 1. The fraction of sp³-hybridized carbons (Fsp3) is 0.458. The largest absolute Gasteiger partial charge is 0.491 e. The Bertz CT molecular complexity index is 828. The van der Waals surface area contributed by atoms with E-state index in [9.17, 15) is 13.6 Å². The molecule has 2 aromatic rings. The Morgan fingerprint density at radius 3 is 2.45 bits per heavy atom. The van der Waals surface area contributed by atoms with Gasteiger partial charge in [-0.15, -0.1) is 0 Å². The lowest BCUT2D eigenvalue weighted by molar-refractivity contribution is 0.0492. The molecule has 0 aromatic heterocycles. The van der Waals surface area contributed by atoms with Gasteiger partial charge in [-0.2, -0.15) is 0 Å². The number of hydrogen-bond acceptors (Lipinski definition) is 4. The molecule has 1 aliphatic heterocycles. The summed E-state index contributed by atoms with van der Waals surface area (Å²) in [7, 11) is 0. The second-order valence-electron chi connectivity index (χ2n) is 8.09. The first-order chi connectivity index (χ1) is 15.0. The normalized spacial score (nSPS) is 18.6. The number of piperidine rings is 1. The standard InChI is InChI=1S/C24H30F2N2O3/c1-17(2)31-22-9-5-19(6-10-22)16-30-24(29)28(15-18-3-7-21(26)8-4-18)23-11-12-27-14-20(23)13-25/h3-10,17,20,23,27H,11-16H2,1-2H3/t20-,23+/m0/s1. The van der Waals surface area contributed by atoms with E-state index in [1.54, 1.807) is 17.0 Å². The van der Waals surface area contributed by atoms with E-state index in [0.717, 1.165) is 16.9 Å². The van der Waals surface area contributed by atoms with Crippen LogP contribution in [0.1, 0.15) is 31.4 Å². The molecule has 0 unspecified atom stereocenters. The minimum absolute atomic E-state index is 0.0807. The van der Waals surface area contributed by atoms with Crippen molar-refractivity contribution in [2.24, 2.45) is 5.92 Å². The van der Waals surface area contributed by atoms with E-state index in [0.29, 0.717) is 19.5 Å². The van der Waals surface area contributed by atoms with Crippen molar-refractivity contribution in [2.75, 3.05) is 19.8 Å². The summed E-state index contributed by atoms with van der Waals surface area (Å²) in [5, 5.41) is 3.18. The quantitative estimate of drug-likeness (QED) is 0.657. The van der Waals surface area contributed by atoms with Crippen LogP contribution in [0.15, 0.2) is 48.5 Å². The van der Waals surface area contributed by atoms with Gasteiger partial charge in [-0.3, -0.25) is 4.39 Å². The fourth-order valence-corrected chi connectivity index (χ4v) is 3.74. The lowest BCUT2D eigenvalue weighted by Crippen LogP contribution is -2.52. The van der Waals surface area contributed by atoms with E-state index in [-0.39, 0.29) is 37.0 Å². The van der Waals surface area contributed by atoms with Crippen LogP contribution < -0.4 is 10.1 Å². The number of halogens is 2. The maximum atomic E-state index is 13.6. The van der Waals surface area contributed by atoms with Gasteiger partial charge >= 0.3 is 6.09 Å². The minimum atomic E-state index is -0.526. The number of hydrogen-bond donors (Lipinski definition) is 1. The Morgan fingerprint density at radius 1 is 1.13 bits per heavy atom. The van der Waals surface area contributed by atoms with Crippen LogP contribution in [0.5, 0.6) is 5.75 Å². The summed E-state index contributed by atoms with van der Waals surface area (Å²) in [4.78, 5) is 14.6. The second kappa shape index (κ2) is 11.1. The number of nitrogens with one attached hydrogen (secondary N) is 1. The highest BCUT2D eigenvalue weighted by atomic mass is 19.1. The molecular formula is C24H30F2N2O3. The summed E-state index contributed by atoms with van der Waals surface area (Å²) >= 11 is 0. The topological polar surface area (TPSA) is 50.8 Å². The molecule has 0 saturated carbocycles. The van der Waals surface area contributed by atoms with E-state index in [2.05, 4.69) is 5.32 Å². The third kappa shape index (κ3) is 6.66. The van der Waals surface area contributed by atoms with Gasteiger partial charge in [0, 0.05) is 25.0 Å². The van der Waals surface area contributed by atoms with Gasteiger partial charge in [0.2, 0.25) is 0 Å². The Morgan fingerprint density at radius 2 is 1.81 bits per heavy atom. The van der Waals surface area contributed by atoms with Crippen LogP contribution in [0.3, 0.4) is 0 Å². The Labute approximate surface area is 182 Å². The predicted molar refractivity (Wildman–Crippen MR) is 115 cm³/mol. The van der Waals surface area contributed by atoms with Crippen LogP contribution in [-0.2, 0) is 17.9 Å². The molecule has 31 heavy (non-hydrogen) atoms. The van der Waals surface area contributed by atoms with E-state index < -0.39 is 12.8 Å². The molecule has 168 valence electrons. The van der Waals surface area contributed by atoms with Gasteiger partial charge < -0.3 is 19.7 Å². The SMILES string of the molecule is CC(C)Oc1ccc(COC(=O)N(Cc2ccc(F)cc2)[C@@H]2CCNC[C@@H]2CF)cc1. The molecule has 2 atom stereocenters. The Hall–Kier alpha value is -2.67. The predicted octanol–water partition coefficient (Wildman–Crippen LogP) is 4.70. The zero-order chi connectivity index (χ0) is 22.2. The molecule has 3 rings (SSSR count). The number of rotatable bonds is 8. The minimum Gasteiger partial charge on any atom is -0.491 e. The molecule has 1 heterocycles. The number of benzene rings is 2. The third-order valence-electron chi connectivity index (χ3n) is 5.32. The van der Waals surface area contributed by atoms with Crippen molar-refractivity contribution in [1.82, 2.24) is 10.2 Å². The van der Waals surface area contributed by atoms with Crippen molar-refractivity contribution in [2.45, 2.75) is 45.6 Å². The number of nitrogens with zero attached hydrogens (tertiary/aromatic N) is 1. The van der Waals surface area contributed by atoms with E-state index in [1.807, 2.05) is 38.1 Å². The molecule has 1 amide bonds. The van der Waals surface area contributed by atoms with Gasteiger partial charge in [0.25, 0.3) is 0 Å². The van der Waals surface area contributed by atoms with Crippen molar-refractivity contribution < 1.29 is 23.0 Å². The molecule has 7 heteroatoms. The van der Waals surface area contributed by atoms with E-state index >= 15 is 0 Å². The molecule has 0 spiro atoms. The average Bonchev–Trinajstić information content (AvgIpc) is 2.77. The molecule has 2 aromatic carbocycles. The van der Waals surface area contributed by atoms with E-state index in [1.165, 1.54) is 12.1 Å². The summed E-state index contributed by atoms with van der Waals surface area (Å²) < 4.78 is 38.1. The molecule has 1 fully saturated rings. The first kappa shape index (κ1) is 23.0. The maximum absolute atomic E-state index is 13.6. The number of carbonyl (C=O) groups is 1. The Kier molecular flexibility index (Phi) is 8.23. The molecule has 0 aliphatic carbocycles. The van der Waals surface area contributed by atoms with Crippen LogP contribution in [0.25, 0.3) is 0 Å². The van der Waals surface area contributed by atoms with Crippen LogP contribution in [0, 0.1) is 11.7 Å². The van der Waals surface area contributed by atoms with Crippen molar-refractivity contribution in [3.8, 4) is 5.75 Å².